The molecule has 0 bridgehead atoms. The van der Waals surface area contributed by atoms with Gasteiger partial charge in [0.1, 0.15) is 24.4 Å². The molecule has 1 aliphatic rings. The maximum absolute atomic E-state index is 11.3. The van der Waals surface area contributed by atoms with Crippen molar-refractivity contribution in [2.24, 2.45) is 0 Å². The molecule has 27 heavy (non-hydrogen) atoms. The Morgan fingerprint density at radius 3 is 2.04 bits per heavy atom. The highest BCUT2D eigenvalue weighted by Crippen LogP contribution is 2.22. The van der Waals surface area contributed by atoms with Gasteiger partial charge in [0, 0.05) is 13.5 Å². The van der Waals surface area contributed by atoms with E-state index >= 15 is 0 Å². The van der Waals surface area contributed by atoms with Crippen LogP contribution in [0.5, 0.6) is 0 Å². The third kappa shape index (κ3) is 9.26. The average molecular weight is 395 g/mol. The van der Waals surface area contributed by atoms with E-state index in [1.165, 1.54) is 6.92 Å². The Balaban J connectivity index is 2.23. The summed E-state index contributed by atoms with van der Waals surface area (Å²) in [4.78, 5) is 11.3. The summed E-state index contributed by atoms with van der Waals surface area (Å²) in [5, 5.41) is 31.8. The summed E-state index contributed by atoms with van der Waals surface area (Å²) < 4.78 is 26.9. The second kappa shape index (κ2) is 14.2. The Morgan fingerprint density at radius 2 is 1.52 bits per heavy atom. The zero-order chi connectivity index (χ0) is 20.1. The molecule has 0 spiro atoms. The zero-order valence-corrected chi connectivity index (χ0v) is 16.0. The third-order valence-electron chi connectivity index (χ3n) is 3.85. The lowest BCUT2D eigenvalue weighted by Gasteiger charge is -2.42. The molecule has 160 valence electrons. The van der Waals surface area contributed by atoms with Gasteiger partial charge in [0.2, 0.25) is 5.91 Å². The molecular formula is C17H33NO9. The molecular weight excluding hydrogens is 362 g/mol. The van der Waals surface area contributed by atoms with E-state index in [1.807, 2.05) is 6.92 Å². The van der Waals surface area contributed by atoms with Crippen molar-refractivity contribution in [3.8, 4) is 0 Å². The average Bonchev–Trinajstić information content (AvgIpc) is 2.64. The van der Waals surface area contributed by atoms with Crippen molar-refractivity contribution >= 4 is 5.91 Å². The number of aliphatic hydroxyl groups is 3. The first kappa shape index (κ1) is 24.2. The van der Waals surface area contributed by atoms with Crippen LogP contribution in [0.25, 0.3) is 0 Å². The Labute approximate surface area is 159 Å². The fourth-order valence-corrected chi connectivity index (χ4v) is 2.52. The predicted molar refractivity (Wildman–Crippen MR) is 94.1 cm³/mol. The second-order valence-corrected chi connectivity index (χ2v) is 6.14. The minimum absolute atomic E-state index is 0.140. The van der Waals surface area contributed by atoms with Gasteiger partial charge >= 0.3 is 0 Å². The minimum atomic E-state index is -1.33. The van der Waals surface area contributed by atoms with Crippen molar-refractivity contribution in [3.05, 3.63) is 0 Å². The van der Waals surface area contributed by atoms with Crippen LogP contribution in [0.15, 0.2) is 0 Å². The summed E-state index contributed by atoms with van der Waals surface area (Å²) in [6, 6.07) is -0.952. The predicted octanol–water partition coefficient (Wildman–Crippen LogP) is -1.59. The zero-order valence-electron chi connectivity index (χ0n) is 16.0. The van der Waals surface area contributed by atoms with Crippen LogP contribution in [-0.2, 0) is 28.5 Å². The van der Waals surface area contributed by atoms with E-state index in [4.69, 9.17) is 23.7 Å². The number of hydrogen-bond donors (Lipinski definition) is 4. The molecule has 1 aliphatic heterocycles. The van der Waals surface area contributed by atoms with Crippen molar-refractivity contribution < 1.29 is 43.8 Å². The van der Waals surface area contributed by atoms with E-state index < -0.39 is 43.2 Å². The minimum Gasteiger partial charge on any atom is -0.394 e. The molecule has 0 radical (unpaired) electrons. The number of nitrogens with one attached hydrogen (secondary N) is 1. The summed E-state index contributed by atoms with van der Waals surface area (Å²) in [6.45, 7) is 5.85. The van der Waals surface area contributed by atoms with Crippen LogP contribution in [0, 0.1) is 0 Å². The van der Waals surface area contributed by atoms with Gasteiger partial charge in [-0.2, -0.15) is 0 Å². The lowest BCUT2D eigenvalue weighted by molar-refractivity contribution is -0.272. The Bertz CT molecular complexity index is 399. The molecule has 0 aromatic heterocycles. The number of aliphatic hydroxyl groups excluding tert-OH is 3. The standard InChI is InChI=1S/C17H33NO9/c1-3-4-23-5-6-24-7-8-25-9-10-26-17-14(18-12(2)20)16(22)15(21)13(11-19)27-17/h13-17,19,21-22H,3-11H2,1-2H3,(H,18,20). The van der Waals surface area contributed by atoms with Gasteiger partial charge in [-0.3, -0.25) is 4.79 Å². The third-order valence-corrected chi connectivity index (χ3v) is 3.85. The van der Waals surface area contributed by atoms with E-state index in [0.29, 0.717) is 26.4 Å². The second-order valence-electron chi connectivity index (χ2n) is 6.14. The van der Waals surface area contributed by atoms with Crippen LogP contribution in [0.3, 0.4) is 0 Å². The molecule has 0 saturated carbocycles. The van der Waals surface area contributed by atoms with Crippen LogP contribution in [0.4, 0.5) is 0 Å². The lowest BCUT2D eigenvalue weighted by atomic mass is 9.97. The summed E-state index contributed by atoms with van der Waals surface area (Å²) in [6.07, 6.45) is -3.69. The number of carbonyl (C=O) groups is 1. The van der Waals surface area contributed by atoms with Crippen LogP contribution in [0.2, 0.25) is 0 Å². The van der Waals surface area contributed by atoms with E-state index in [0.717, 1.165) is 13.0 Å². The highest BCUT2D eigenvalue weighted by Gasteiger charge is 2.45. The van der Waals surface area contributed by atoms with Crippen molar-refractivity contribution in [3.63, 3.8) is 0 Å². The lowest BCUT2D eigenvalue weighted by Crippen LogP contribution is -2.64. The quantitative estimate of drug-likeness (QED) is 0.257. The van der Waals surface area contributed by atoms with Gasteiger partial charge in [-0.25, -0.2) is 0 Å². The fraction of sp³-hybridized carbons (Fsp3) is 0.941. The van der Waals surface area contributed by atoms with Crippen molar-refractivity contribution in [2.75, 3.05) is 52.9 Å². The summed E-state index contributed by atoms with van der Waals surface area (Å²) in [5.41, 5.74) is 0. The molecule has 1 rings (SSSR count). The largest absolute Gasteiger partial charge is 0.394 e. The molecule has 10 heteroatoms. The topological polar surface area (TPSA) is 136 Å². The smallest absolute Gasteiger partial charge is 0.217 e. The molecule has 5 atom stereocenters. The normalized spacial score (nSPS) is 28.3. The molecule has 0 aromatic rings. The highest BCUT2D eigenvalue weighted by molar-refractivity contribution is 5.73. The first-order valence-electron chi connectivity index (χ1n) is 9.25. The maximum atomic E-state index is 11.3. The maximum Gasteiger partial charge on any atom is 0.217 e. The Hall–Kier alpha value is -0.850. The van der Waals surface area contributed by atoms with Gasteiger partial charge in [0.15, 0.2) is 6.29 Å². The van der Waals surface area contributed by atoms with Crippen molar-refractivity contribution in [1.82, 2.24) is 5.32 Å². The summed E-state index contributed by atoms with van der Waals surface area (Å²) in [5.74, 6) is -0.401. The molecule has 1 amide bonds. The molecule has 1 heterocycles. The molecule has 1 fully saturated rings. The Kier molecular flexibility index (Phi) is 12.7. The number of carbonyl (C=O) groups excluding carboxylic acids is 1. The van der Waals surface area contributed by atoms with E-state index in [-0.39, 0.29) is 13.2 Å². The molecule has 1 saturated heterocycles. The first-order valence-corrected chi connectivity index (χ1v) is 9.25. The van der Waals surface area contributed by atoms with Crippen molar-refractivity contribution in [1.29, 1.82) is 0 Å². The summed E-state index contributed by atoms with van der Waals surface area (Å²) in [7, 11) is 0. The van der Waals surface area contributed by atoms with Gasteiger partial charge in [-0.05, 0) is 6.42 Å². The van der Waals surface area contributed by atoms with E-state index in [9.17, 15) is 20.1 Å². The molecule has 0 aliphatic carbocycles. The first-order chi connectivity index (χ1) is 13.0. The van der Waals surface area contributed by atoms with Gasteiger partial charge in [-0.1, -0.05) is 6.92 Å². The highest BCUT2D eigenvalue weighted by atomic mass is 16.7. The number of amides is 1. The van der Waals surface area contributed by atoms with Gasteiger partial charge in [-0.15, -0.1) is 0 Å². The summed E-state index contributed by atoms with van der Waals surface area (Å²) >= 11 is 0. The molecule has 0 aromatic carbocycles. The van der Waals surface area contributed by atoms with Gasteiger partial charge in [0.25, 0.3) is 0 Å². The number of hydrogen-bond acceptors (Lipinski definition) is 9. The van der Waals surface area contributed by atoms with Crippen LogP contribution in [-0.4, -0.2) is 105 Å². The fourth-order valence-electron chi connectivity index (χ4n) is 2.52. The number of rotatable bonds is 14. The molecule has 10 nitrogen and oxygen atoms in total. The van der Waals surface area contributed by atoms with Crippen LogP contribution < -0.4 is 5.32 Å². The number of ether oxygens (including phenoxy) is 5. The van der Waals surface area contributed by atoms with E-state index in [1.54, 1.807) is 0 Å². The monoisotopic (exact) mass is 395 g/mol. The Morgan fingerprint density at radius 1 is 0.963 bits per heavy atom. The van der Waals surface area contributed by atoms with Crippen LogP contribution in [0.1, 0.15) is 20.3 Å². The molecule has 4 N–H and O–H groups in total. The van der Waals surface area contributed by atoms with Crippen molar-refractivity contribution in [2.45, 2.75) is 50.9 Å². The SMILES string of the molecule is CCCOCCOCCOCCOC1OC(CO)C(O)C(O)C1NC(C)=O. The molecule has 5 unspecified atom stereocenters. The van der Waals surface area contributed by atoms with Gasteiger partial charge in [0.05, 0.1) is 46.2 Å². The van der Waals surface area contributed by atoms with Crippen LogP contribution >= 0.6 is 0 Å². The van der Waals surface area contributed by atoms with E-state index in [2.05, 4.69) is 5.32 Å². The van der Waals surface area contributed by atoms with Gasteiger partial charge < -0.3 is 44.3 Å².